The van der Waals surface area contributed by atoms with Crippen LogP contribution in [0.2, 0.25) is 0 Å². The fourth-order valence-electron chi connectivity index (χ4n) is 1.56. The van der Waals surface area contributed by atoms with Gasteiger partial charge in [-0.05, 0) is 44.5 Å². The Morgan fingerprint density at radius 3 is 2.59 bits per heavy atom. The van der Waals surface area contributed by atoms with E-state index in [4.69, 9.17) is 4.74 Å². The van der Waals surface area contributed by atoms with Crippen LogP contribution in [0.25, 0.3) is 0 Å². The number of nitrogens with one attached hydrogen (secondary N) is 1. The van der Waals surface area contributed by atoms with Gasteiger partial charge in [-0.25, -0.2) is 4.39 Å². The summed E-state index contributed by atoms with van der Waals surface area (Å²) in [6.07, 6.45) is -0.309. The third kappa shape index (κ3) is 3.18. The lowest BCUT2D eigenvalue weighted by molar-refractivity contribution is 0.0853. The molecule has 0 aromatic heterocycles. The fourth-order valence-corrected chi connectivity index (χ4v) is 1.56. The van der Waals surface area contributed by atoms with Gasteiger partial charge in [-0.2, -0.15) is 5.26 Å². The van der Waals surface area contributed by atoms with E-state index in [-0.39, 0.29) is 11.9 Å². The van der Waals surface area contributed by atoms with Crippen molar-refractivity contribution in [1.82, 2.24) is 0 Å². The summed E-state index contributed by atoms with van der Waals surface area (Å²) < 4.78 is 18.4. The molecule has 92 valence electrons. The van der Waals surface area contributed by atoms with Gasteiger partial charge in [0, 0.05) is 12.8 Å². The molecular formula is C13H17FN2O. The molecule has 0 aliphatic rings. The summed E-state index contributed by atoms with van der Waals surface area (Å²) in [5.41, 5.74) is 0.489. The maximum absolute atomic E-state index is 13.2. The van der Waals surface area contributed by atoms with E-state index in [1.807, 2.05) is 0 Å². The van der Waals surface area contributed by atoms with Gasteiger partial charge in [0.05, 0.1) is 12.2 Å². The van der Waals surface area contributed by atoms with Crippen LogP contribution < -0.4 is 5.32 Å². The first-order valence-electron chi connectivity index (χ1n) is 5.40. The van der Waals surface area contributed by atoms with Gasteiger partial charge < -0.3 is 10.1 Å². The summed E-state index contributed by atoms with van der Waals surface area (Å²) in [7, 11) is 1.54. The number of nitriles is 1. The molecular weight excluding hydrogens is 219 g/mol. The zero-order valence-electron chi connectivity index (χ0n) is 10.5. The number of nitrogens with zero attached hydrogens (tertiary/aromatic N) is 1. The summed E-state index contributed by atoms with van der Waals surface area (Å²) in [6.45, 7) is 5.32. The Kier molecular flexibility index (Phi) is 4.08. The number of benzene rings is 1. The minimum atomic E-state index is -0.894. The van der Waals surface area contributed by atoms with Crippen LogP contribution in [0, 0.1) is 24.1 Å². The van der Waals surface area contributed by atoms with Crippen LogP contribution in [0.4, 0.5) is 10.1 Å². The van der Waals surface area contributed by atoms with Crippen LogP contribution >= 0.6 is 0 Å². The minimum Gasteiger partial charge on any atom is -0.378 e. The van der Waals surface area contributed by atoms with E-state index in [1.165, 1.54) is 12.1 Å². The molecule has 0 fully saturated rings. The van der Waals surface area contributed by atoms with Gasteiger partial charge in [0.25, 0.3) is 0 Å². The Morgan fingerprint density at radius 1 is 1.47 bits per heavy atom. The van der Waals surface area contributed by atoms with E-state index >= 15 is 0 Å². The number of methoxy groups -OCH3 is 1. The number of rotatable bonds is 4. The van der Waals surface area contributed by atoms with Crippen molar-refractivity contribution in [2.45, 2.75) is 32.4 Å². The van der Waals surface area contributed by atoms with Gasteiger partial charge in [-0.15, -0.1) is 0 Å². The van der Waals surface area contributed by atoms with Crippen molar-refractivity contribution in [3.8, 4) is 6.07 Å². The average molecular weight is 236 g/mol. The number of ether oxygens (including phenoxy) is 1. The molecule has 1 aromatic rings. The Hall–Kier alpha value is -1.60. The van der Waals surface area contributed by atoms with Crippen molar-refractivity contribution in [3.05, 3.63) is 29.6 Å². The first kappa shape index (κ1) is 13.5. The number of aryl methyl sites for hydroxylation is 1. The average Bonchev–Trinajstić information content (AvgIpc) is 2.26. The first-order chi connectivity index (χ1) is 7.91. The molecule has 4 heteroatoms. The standard InChI is InChI=1S/C13H17FN2O/c1-9-5-11(14)7-12(6-9)16-13(3,8-15)10(2)17-4/h5-7,10,16H,1-4H3. The van der Waals surface area contributed by atoms with Crippen LogP contribution in [0.5, 0.6) is 0 Å². The summed E-state index contributed by atoms with van der Waals surface area (Å²) in [6, 6.07) is 6.76. The Balaban J connectivity index is 2.99. The third-order valence-electron chi connectivity index (χ3n) is 2.84. The van der Waals surface area contributed by atoms with Gasteiger partial charge in [0.2, 0.25) is 0 Å². The van der Waals surface area contributed by atoms with Crippen LogP contribution in [-0.2, 0) is 4.74 Å². The molecule has 2 unspecified atom stereocenters. The predicted molar refractivity (Wildman–Crippen MR) is 65.2 cm³/mol. The SMILES string of the molecule is COC(C)C(C)(C#N)Nc1cc(C)cc(F)c1. The molecule has 1 rings (SSSR count). The molecule has 0 aliphatic heterocycles. The topological polar surface area (TPSA) is 45.0 Å². The smallest absolute Gasteiger partial charge is 0.148 e. The Labute approximate surface area is 101 Å². The van der Waals surface area contributed by atoms with E-state index in [1.54, 1.807) is 33.9 Å². The first-order valence-corrected chi connectivity index (χ1v) is 5.40. The van der Waals surface area contributed by atoms with E-state index in [2.05, 4.69) is 11.4 Å². The number of halogens is 1. The highest BCUT2D eigenvalue weighted by Crippen LogP contribution is 2.21. The summed E-state index contributed by atoms with van der Waals surface area (Å²) >= 11 is 0. The molecule has 1 N–H and O–H groups in total. The lowest BCUT2D eigenvalue weighted by atomic mass is 9.97. The van der Waals surface area contributed by atoms with Gasteiger partial charge in [0.1, 0.15) is 11.4 Å². The van der Waals surface area contributed by atoms with Crippen molar-refractivity contribution in [2.24, 2.45) is 0 Å². The molecule has 2 atom stereocenters. The fraction of sp³-hybridized carbons (Fsp3) is 0.462. The van der Waals surface area contributed by atoms with Gasteiger partial charge in [-0.3, -0.25) is 0 Å². The minimum absolute atomic E-state index is 0.309. The third-order valence-corrected chi connectivity index (χ3v) is 2.84. The molecule has 1 aromatic carbocycles. The molecule has 17 heavy (non-hydrogen) atoms. The normalized spacial score (nSPS) is 15.8. The monoisotopic (exact) mass is 236 g/mol. The van der Waals surface area contributed by atoms with Crippen molar-refractivity contribution in [1.29, 1.82) is 5.26 Å². The van der Waals surface area contributed by atoms with Gasteiger partial charge in [-0.1, -0.05) is 0 Å². The number of hydrogen-bond donors (Lipinski definition) is 1. The maximum Gasteiger partial charge on any atom is 0.148 e. The van der Waals surface area contributed by atoms with E-state index in [9.17, 15) is 9.65 Å². The van der Waals surface area contributed by atoms with Crippen molar-refractivity contribution >= 4 is 5.69 Å². The molecule has 0 saturated heterocycles. The van der Waals surface area contributed by atoms with E-state index in [0.29, 0.717) is 5.69 Å². The van der Waals surface area contributed by atoms with Crippen LogP contribution in [0.15, 0.2) is 18.2 Å². The molecule has 0 heterocycles. The molecule has 3 nitrogen and oxygen atoms in total. The Bertz CT molecular complexity index is 421. The highest BCUT2D eigenvalue weighted by molar-refractivity contribution is 5.50. The van der Waals surface area contributed by atoms with Gasteiger partial charge >= 0.3 is 0 Å². The number of anilines is 1. The molecule has 0 saturated carbocycles. The molecule has 0 spiro atoms. The predicted octanol–water partition coefficient (Wildman–Crippen LogP) is 2.86. The largest absolute Gasteiger partial charge is 0.378 e. The van der Waals surface area contributed by atoms with E-state index < -0.39 is 5.54 Å². The lowest BCUT2D eigenvalue weighted by Gasteiger charge is -2.30. The summed E-state index contributed by atoms with van der Waals surface area (Å²) in [5, 5.41) is 12.2. The molecule has 0 bridgehead atoms. The summed E-state index contributed by atoms with van der Waals surface area (Å²) in [5.74, 6) is -0.321. The van der Waals surface area contributed by atoms with Crippen molar-refractivity contribution in [3.63, 3.8) is 0 Å². The quantitative estimate of drug-likeness (QED) is 0.874. The zero-order valence-corrected chi connectivity index (χ0v) is 10.5. The van der Waals surface area contributed by atoms with Crippen molar-refractivity contribution < 1.29 is 9.13 Å². The second-order valence-corrected chi connectivity index (χ2v) is 4.33. The number of hydrogen-bond acceptors (Lipinski definition) is 3. The van der Waals surface area contributed by atoms with Crippen LogP contribution in [0.3, 0.4) is 0 Å². The second-order valence-electron chi connectivity index (χ2n) is 4.33. The summed E-state index contributed by atoms with van der Waals surface area (Å²) in [4.78, 5) is 0. The zero-order chi connectivity index (χ0) is 13.1. The highest BCUT2D eigenvalue weighted by atomic mass is 19.1. The van der Waals surface area contributed by atoms with E-state index in [0.717, 1.165) is 5.56 Å². The molecule has 0 amide bonds. The van der Waals surface area contributed by atoms with Crippen LogP contribution in [0.1, 0.15) is 19.4 Å². The molecule has 0 radical (unpaired) electrons. The maximum atomic E-state index is 13.2. The lowest BCUT2D eigenvalue weighted by Crippen LogP contribution is -2.44. The van der Waals surface area contributed by atoms with Crippen LogP contribution in [-0.4, -0.2) is 18.8 Å². The van der Waals surface area contributed by atoms with Gasteiger partial charge in [0.15, 0.2) is 0 Å². The second kappa shape index (κ2) is 5.15. The highest BCUT2D eigenvalue weighted by Gasteiger charge is 2.31. The Morgan fingerprint density at radius 2 is 2.12 bits per heavy atom. The molecule has 0 aliphatic carbocycles. The van der Waals surface area contributed by atoms with Crippen molar-refractivity contribution in [2.75, 3.05) is 12.4 Å².